The van der Waals surface area contributed by atoms with Gasteiger partial charge in [-0.3, -0.25) is 9.59 Å². The van der Waals surface area contributed by atoms with E-state index in [1.165, 1.54) is 0 Å². The molecule has 128 valence electrons. The molecule has 1 heterocycles. The van der Waals surface area contributed by atoms with Gasteiger partial charge in [0.05, 0.1) is 6.54 Å². The van der Waals surface area contributed by atoms with E-state index >= 15 is 0 Å². The lowest BCUT2D eigenvalue weighted by Crippen LogP contribution is -2.44. The van der Waals surface area contributed by atoms with Gasteiger partial charge in [0.15, 0.2) is 0 Å². The summed E-state index contributed by atoms with van der Waals surface area (Å²) < 4.78 is 0.999. The van der Waals surface area contributed by atoms with Crippen molar-refractivity contribution in [2.45, 2.75) is 32.7 Å². The quantitative estimate of drug-likeness (QED) is 0.722. The van der Waals surface area contributed by atoms with Crippen molar-refractivity contribution >= 4 is 45.8 Å². The first kappa shape index (κ1) is 19.9. The molecule has 1 aliphatic rings. The Labute approximate surface area is 151 Å². The maximum absolute atomic E-state index is 12.1. The monoisotopic (exact) mass is 403 g/mol. The smallest absolute Gasteiger partial charge is 0.243 e. The fraction of sp³-hybridized carbons (Fsp3) is 0.500. The Hall–Kier alpha value is -1.11. The van der Waals surface area contributed by atoms with Crippen LogP contribution in [0.15, 0.2) is 22.7 Å². The number of amides is 2. The lowest BCUT2D eigenvalue weighted by atomic mass is 9.92. The van der Waals surface area contributed by atoms with E-state index in [9.17, 15) is 9.59 Å². The van der Waals surface area contributed by atoms with Crippen LogP contribution in [0.25, 0.3) is 0 Å². The summed E-state index contributed by atoms with van der Waals surface area (Å²) in [5.41, 5.74) is 1.78. The molecular formula is C16H23BrClN3O2. The van der Waals surface area contributed by atoms with Crippen LogP contribution < -0.4 is 16.0 Å². The second-order valence-electron chi connectivity index (χ2n) is 5.81. The van der Waals surface area contributed by atoms with Gasteiger partial charge in [0.25, 0.3) is 0 Å². The number of halogens is 2. The van der Waals surface area contributed by atoms with Crippen molar-refractivity contribution in [3.05, 3.63) is 28.2 Å². The van der Waals surface area contributed by atoms with Gasteiger partial charge in [-0.25, -0.2) is 0 Å². The lowest BCUT2D eigenvalue weighted by Gasteiger charge is -2.27. The first-order valence-electron chi connectivity index (χ1n) is 7.53. The van der Waals surface area contributed by atoms with Gasteiger partial charge in [-0.15, -0.1) is 12.4 Å². The predicted octanol–water partition coefficient (Wildman–Crippen LogP) is 2.62. The van der Waals surface area contributed by atoms with Crippen LogP contribution in [-0.2, 0) is 9.59 Å². The average molecular weight is 405 g/mol. The largest absolute Gasteiger partial charge is 0.347 e. The van der Waals surface area contributed by atoms with Gasteiger partial charge < -0.3 is 16.0 Å². The highest BCUT2D eigenvalue weighted by Gasteiger charge is 2.24. The molecule has 0 aromatic heterocycles. The van der Waals surface area contributed by atoms with Gasteiger partial charge in [-0.05, 0) is 57.0 Å². The molecule has 2 rings (SSSR count). The van der Waals surface area contributed by atoms with Crippen molar-refractivity contribution in [3.8, 4) is 0 Å². The molecule has 1 aliphatic heterocycles. The molecule has 23 heavy (non-hydrogen) atoms. The molecule has 1 aromatic rings. The second-order valence-corrected chi connectivity index (χ2v) is 6.66. The van der Waals surface area contributed by atoms with E-state index in [4.69, 9.17) is 0 Å². The maximum atomic E-state index is 12.1. The van der Waals surface area contributed by atoms with Gasteiger partial charge in [-0.1, -0.05) is 15.9 Å². The summed E-state index contributed by atoms with van der Waals surface area (Å²) >= 11 is 3.42. The summed E-state index contributed by atoms with van der Waals surface area (Å²) in [7, 11) is 0. The Bertz CT molecular complexity index is 568. The Morgan fingerprint density at radius 2 is 2.13 bits per heavy atom. The van der Waals surface area contributed by atoms with Crippen LogP contribution in [-0.4, -0.2) is 30.9 Å². The first-order chi connectivity index (χ1) is 10.5. The van der Waals surface area contributed by atoms with Crippen LogP contribution in [0.4, 0.5) is 5.69 Å². The van der Waals surface area contributed by atoms with Crippen molar-refractivity contribution in [2.75, 3.05) is 18.4 Å². The van der Waals surface area contributed by atoms with Crippen molar-refractivity contribution in [2.24, 2.45) is 5.92 Å². The highest BCUT2D eigenvalue weighted by molar-refractivity contribution is 9.10. The SMILES string of the molecule is Cc1cc(NC(=O)CNC(=O)[C@H]2CCN[C@@H](C)C2)ccc1Br.Cl. The molecule has 0 radical (unpaired) electrons. The molecule has 3 N–H and O–H groups in total. The average Bonchev–Trinajstić information content (AvgIpc) is 2.48. The zero-order valence-electron chi connectivity index (χ0n) is 13.3. The minimum Gasteiger partial charge on any atom is -0.347 e. The number of carbonyl (C=O) groups excluding carboxylic acids is 2. The van der Waals surface area contributed by atoms with E-state index < -0.39 is 0 Å². The number of nitrogens with one attached hydrogen (secondary N) is 3. The van der Waals surface area contributed by atoms with Crippen LogP contribution in [0.3, 0.4) is 0 Å². The Balaban J connectivity index is 0.00000264. The first-order valence-corrected chi connectivity index (χ1v) is 8.32. The molecule has 0 saturated carbocycles. The summed E-state index contributed by atoms with van der Waals surface area (Å²) in [6, 6.07) is 5.95. The molecule has 0 bridgehead atoms. The van der Waals surface area contributed by atoms with E-state index in [-0.39, 0.29) is 36.7 Å². The minimum absolute atomic E-state index is 0. The standard InChI is InChI=1S/C16H22BrN3O2.ClH/c1-10-7-13(3-4-14(10)17)20-15(21)9-19-16(22)12-5-6-18-11(2)8-12;/h3-4,7,11-12,18H,5-6,8-9H2,1-2H3,(H,19,22)(H,20,21);1H/t11-,12-;/m0./s1. The molecule has 2 amide bonds. The summed E-state index contributed by atoms with van der Waals surface area (Å²) in [6.45, 7) is 4.89. The number of rotatable bonds is 4. The number of benzene rings is 1. The van der Waals surface area contributed by atoms with Crippen LogP contribution >= 0.6 is 28.3 Å². The normalized spacial score (nSPS) is 20.3. The number of aryl methyl sites for hydroxylation is 1. The fourth-order valence-electron chi connectivity index (χ4n) is 2.61. The molecular weight excluding hydrogens is 382 g/mol. The lowest BCUT2D eigenvalue weighted by molar-refractivity contribution is -0.128. The number of piperidine rings is 1. The minimum atomic E-state index is -0.211. The number of carbonyl (C=O) groups is 2. The highest BCUT2D eigenvalue weighted by atomic mass is 79.9. The van der Waals surface area contributed by atoms with E-state index in [1.54, 1.807) is 0 Å². The predicted molar refractivity (Wildman–Crippen MR) is 98.0 cm³/mol. The van der Waals surface area contributed by atoms with Crippen molar-refractivity contribution in [3.63, 3.8) is 0 Å². The third-order valence-corrected chi connectivity index (χ3v) is 4.75. The van der Waals surface area contributed by atoms with Crippen LogP contribution in [0.1, 0.15) is 25.3 Å². The molecule has 0 spiro atoms. The summed E-state index contributed by atoms with van der Waals surface area (Å²) in [5, 5.41) is 8.83. The topological polar surface area (TPSA) is 70.2 Å². The molecule has 7 heteroatoms. The van der Waals surface area contributed by atoms with Crippen molar-refractivity contribution < 1.29 is 9.59 Å². The van der Waals surface area contributed by atoms with E-state index in [1.807, 2.05) is 25.1 Å². The van der Waals surface area contributed by atoms with Crippen molar-refractivity contribution in [1.82, 2.24) is 10.6 Å². The van der Waals surface area contributed by atoms with Crippen LogP contribution in [0, 0.1) is 12.8 Å². The van der Waals surface area contributed by atoms with E-state index in [0.29, 0.717) is 6.04 Å². The molecule has 5 nitrogen and oxygen atoms in total. The van der Waals surface area contributed by atoms with Gasteiger partial charge in [0.2, 0.25) is 11.8 Å². The number of anilines is 1. The third kappa shape index (κ3) is 6.12. The molecule has 1 saturated heterocycles. The second kappa shape index (κ2) is 9.25. The van der Waals surface area contributed by atoms with Gasteiger partial charge in [0, 0.05) is 22.1 Å². The number of hydrogen-bond donors (Lipinski definition) is 3. The summed E-state index contributed by atoms with van der Waals surface area (Å²) in [4.78, 5) is 24.0. The molecule has 0 unspecified atom stereocenters. The zero-order chi connectivity index (χ0) is 16.1. The van der Waals surface area contributed by atoms with Crippen LogP contribution in [0.2, 0.25) is 0 Å². The molecule has 1 fully saturated rings. The Morgan fingerprint density at radius 1 is 1.39 bits per heavy atom. The summed E-state index contributed by atoms with van der Waals surface area (Å²) in [5.74, 6) is -0.244. The fourth-order valence-corrected chi connectivity index (χ4v) is 2.86. The van der Waals surface area contributed by atoms with Gasteiger partial charge in [-0.2, -0.15) is 0 Å². The molecule has 0 aliphatic carbocycles. The Kier molecular flexibility index (Phi) is 8.02. The van der Waals surface area contributed by atoms with Gasteiger partial charge in [0.1, 0.15) is 0 Å². The Morgan fingerprint density at radius 3 is 2.78 bits per heavy atom. The maximum Gasteiger partial charge on any atom is 0.243 e. The van der Waals surface area contributed by atoms with E-state index in [2.05, 4.69) is 38.8 Å². The zero-order valence-corrected chi connectivity index (χ0v) is 15.7. The molecule has 1 aromatic carbocycles. The van der Waals surface area contributed by atoms with Crippen molar-refractivity contribution in [1.29, 1.82) is 0 Å². The van der Waals surface area contributed by atoms with Gasteiger partial charge >= 0.3 is 0 Å². The van der Waals surface area contributed by atoms with Crippen LogP contribution in [0.5, 0.6) is 0 Å². The third-order valence-electron chi connectivity index (χ3n) is 3.86. The molecule has 2 atom stereocenters. The highest BCUT2D eigenvalue weighted by Crippen LogP contribution is 2.20. The summed E-state index contributed by atoms with van der Waals surface area (Å²) in [6.07, 6.45) is 1.64. The van der Waals surface area contributed by atoms with E-state index in [0.717, 1.165) is 35.1 Å². The number of hydrogen-bond acceptors (Lipinski definition) is 3.